The Morgan fingerprint density at radius 1 is 1.00 bits per heavy atom. The third-order valence-corrected chi connectivity index (χ3v) is 3.13. The molecule has 0 fully saturated rings. The van der Waals surface area contributed by atoms with Crippen molar-refractivity contribution in [1.82, 2.24) is 21.3 Å². The molecule has 0 aromatic heterocycles. The summed E-state index contributed by atoms with van der Waals surface area (Å²) in [4.78, 5) is 56.4. The van der Waals surface area contributed by atoms with Crippen LogP contribution in [0.25, 0.3) is 0 Å². The lowest BCUT2D eigenvalue weighted by Crippen LogP contribution is -2.37. The number of amides is 4. The minimum Gasteiger partial charge on any atom is -0.503 e. The molecule has 0 heterocycles. The zero-order valence-corrected chi connectivity index (χ0v) is 14.5. The minimum absolute atomic E-state index is 0.0476. The Bertz CT molecular complexity index is 558. The van der Waals surface area contributed by atoms with Gasteiger partial charge in [0, 0.05) is 27.2 Å². The van der Waals surface area contributed by atoms with Gasteiger partial charge < -0.3 is 26.4 Å². The molecule has 1 unspecified atom stereocenters. The zero-order valence-electron chi connectivity index (χ0n) is 14.5. The van der Waals surface area contributed by atoms with Crippen molar-refractivity contribution in [2.75, 3.05) is 27.2 Å². The van der Waals surface area contributed by atoms with Crippen LogP contribution in [0.5, 0.6) is 0 Å². The van der Waals surface area contributed by atoms with E-state index in [9.17, 15) is 29.1 Å². The number of carbonyl (C=O) groups is 5. The molecule has 0 radical (unpaired) electrons. The molecule has 0 aliphatic carbocycles. The van der Waals surface area contributed by atoms with E-state index in [1.54, 1.807) is 6.92 Å². The summed E-state index contributed by atoms with van der Waals surface area (Å²) in [7, 11) is 2.69. The summed E-state index contributed by atoms with van der Waals surface area (Å²) in [5, 5.41) is 18.6. The Hall–Kier alpha value is -2.91. The van der Waals surface area contributed by atoms with Gasteiger partial charge in [0.15, 0.2) is 5.76 Å². The number of nitrogens with one attached hydrogen (secondary N) is 4. The Labute approximate surface area is 145 Å². The predicted octanol–water partition coefficient (Wildman–Crippen LogP) is -1.86. The highest BCUT2D eigenvalue weighted by atomic mass is 16.3. The second kappa shape index (κ2) is 11.6. The first kappa shape index (κ1) is 22.1. The van der Waals surface area contributed by atoms with E-state index in [2.05, 4.69) is 21.3 Å². The summed E-state index contributed by atoms with van der Waals surface area (Å²) in [6.07, 6.45) is 0.751. The van der Waals surface area contributed by atoms with Crippen LogP contribution < -0.4 is 21.3 Å². The first-order chi connectivity index (χ1) is 11.7. The predicted molar refractivity (Wildman–Crippen MR) is 88.3 cm³/mol. The van der Waals surface area contributed by atoms with Gasteiger partial charge in [0.25, 0.3) is 11.8 Å². The SMILES string of the molecule is CNC(=O)CC(=O)C(=O)NCC(C)CCNC(=O)/C=C(\O)C(=O)NC. The smallest absolute Gasteiger partial charge is 0.287 e. The van der Waals surface area contributed by atoms with E-state index < -0.39 is 41.6 Å². The normalized spacial score (nSPS) is 11.9. The van der Waals surface area contributed by atoms with Crippen molar-refractivity contribution in [2.24, 2.45) is 5.92 Å². The molecule has 4 amide bonds. The molecule has 0 aromatic rings. The lowest BCUT2D eigenvalue weighted by Gasteiger charge is -2.12. The third-order valence-electron chi connectivity index (χ3n) is 3.13. The maximum absolute atomic E-state index is 11.5. The fourth-order valence-electron chi connectivity index (χ4n) is 1.59. The number of carbonyl (C=O) groups excluding carboxylic acids is 5. The first-order valence-corrected chi connectivity index (χ1v) is 7.63. The standard InChI is InChI=1S/C15H24N4O6/c1-9(8-19-15(25)11(21)6-12(22)16-2)4-5-18-13(23)7-10(20)14(24)17-3/h7,9,20H,4-6,8H2,1-3H3,(H,16,22)(H,17,24)(H,18,23)(H,19,25)/b10-7-. The van der Waals surface area contributed by atoms with Gasteiger partial charge in [0.05, 0.1) is 12.5 Å². The van der Waals surface area contributed by atoms with Crippen LogP contribution in [-0.2, 0) is 24.0 Å². The second-order valence-corrected chi connectivity index (χ2v) is 5.28. The molecule has 140 valence electrons. The quantitative estimate of drug-likeness (QED) is 0.134. The van der Waals surface area contributed by atoms with Crippen LogP contribution in [0.3, 0.4) is 0 Å². The van der Waals surface area contributed by atoms with Gasteiger partial charge >= 0.3 is 0 Å². The van der Waals surface area contributed by atoms with Crippen LogP contribution in [0.2, 0.25) is 0 Å². The molecule has 0 aromatic carbocycles. The van der Waals surface area contributed by atoms with Crippen molar-refractivity contribution in [1.29, 1.82) is 0 Å². The largest absolute Gasteiger partial charge is 0.503 e. The van der Waals surface area contributed by atoms with Gasteiger partial charge in [0.1, 0.15) is 0 Å². The summed E-state index contributed by atoms with van der Waals surface area (Å²) >= 11 is 0. The Morgan fingerprint density at radius 3 is 2.20 bits per heavy atom. The fourth-order valence-corrected chi connectivity index (χ4v) is 1.59. The number of ketones is 1. The van der Waals surface area contributed by atoms with Crippen molar-refractivity contribution in [2.45, 2.75) is 19.8 Å². The van der Waals surface area contributed by atoms with Crippen molar-refractivity contribution in [3.05, 3.63) is 11.8 Å². The number of hydrogen-bond donors (Lipinski definition) is 5. The average molecular weight is 356 g/mol. The molecule has 0 spiro atoms. The van der Waals surface area contributed by atoms with Crippen LogP contribution in [-0.4, -0.2) is 61.7 Å². The van der Waals surface area contributed by atoms with Crippen molar-refractivity contribution >= 4 is 29.4 Å². The van der Waals surface area contributed by atoms with Crippen LogP contribution in [0.15, 0.2) is 11.8 Å². The van der Waals surface area contributed by atoms with Crippen LogP contribution in [0.4, 0.5) is 0 Å². The van der Waals surface area contributed by atoms with E-state index in [0.717, 1.165) is 6.08 Å². The van der Waals surface area contributed by atoms with Gasteiger partial charge in [-0.2, -0.15) is 0 Å². The molecule has 5 N–H and O–H groups in total. The lowest BCUT2D eigenvalue weighted by molar-refractivity contribution is -0.140. The van der Waals surface area contributed by atoms with Gasteiger partial charge in [0.2, 0.25) is 17.6 Å². The maximum atomic E-state index is 11.5. The molecule has 1 atom stereocenters. The van der Waals surface area contributed by atoms with Gasteiger partial charge in [-0.05, 0) is 12.3 Å². The van der Waals surface area contributed by atoms with Crippen molar-refractivity contribution < 1.29 is 29.1 Å². The van der Waals surface area contributed by atoms with E-state index in [1.807, 2.05) is 0 Å². The molecule has 0 aliphatic rings. The van der Waals surface area contributed by atoms with E-state index in [4.69, 9.17) is 0 Å². The minimum atomic E-state index is -0.835. The molecule has 0 rings (SSSR count). The summed E-state index contributed by atoms with van der Waals surface area (Å²) < 4.78 is 0. The highest BCUT2D eigenvalue weighted by Gasteiger charge is 2.17. The molecule has 0 saturated heterocycles. The topological polar surface area (TPSA) is 154 Å². The second-order valence-electron chi connectivity index (χ2n) is 5.28. The van der Waals surface area contributed by atoms with Gasteiger partial charge in [-0.15, -0.1) is 0 Å². The number of hydrogen-bond acceptors (Lipinski definition) is 6. The zero-order chi connectivity index (χ0) is 19.4. The highest BCUT2D eigenvalue weighted by molar-refractivity contribution is 6.39. The Kier molecular flexibility index (Phi) is 10.2. The van der Waals surface area contributed by atoms with Gasteiger partial charge in [-0.25, -0.2) is 0 Å². The van der Waals surface area contributed by atoms with E-state index in [0.29, 0.717) is 6.42 Å². The molecule has 0 bridgehead atoms. The number of aliphatic hydroxyl groups is 1. The van der Waals surface area contributed by atoms with Crippen molar-refractivity contribution in [3.63, 3.8) is 0 Å². The van der Waals surface area contributed by atoms with E-state index in [-0.39, 0.29) is 19.0 Å². The molecule has 10 nitrogen and oxygen atoms in total. The number of aliphatic hydroxyl groups excluding tert-OH is 1. The molecule has 0 aliphatic heterocycles. The van der Waals surface area contributed by atoms with Crippen LogP contribution in [0.1, 0.15) is 19.8 Å². The lowest BCUT2D eigenvalue weighted by atomic mass is 10.1. The van der Waals surface area contributed by atoms with Crippen LogP contribution >= 0.6 is 0 Å². The summed E-state index contributed by atoms with van der Waals surface area (Å²) in [6, 6.07) is 0. The summed E-state index contributed by atoms with van der Waals surface area (Å²) in [6.45, 7) is 2.25. The molecule has 25 heavy (non-hydrogen) atoms. The fraction of sp³-hybridized carbons (Fsp3) is 0.533. The first-order valence-electron chi connectivity index (χ1n) is 7.63. The molecule has 10 heteroatoms. The van der Waals surface area contributed by atoms with Gasteiger partial charge in [-0.1, -0.05) is 6.92 Å². The molecule has 0 saturated carbocycles. The molecular formula is C15H24N4O6. The molecular weight excluding hydrogens is 332 g/mol. The third kappa shape index (κ3) is 9.74. The maximum Gasteiger partial charge on any atom is 0.287 e. The number of rotatable bonds is 10. The van der Waals surface area contributed by atoms with Gasteiger partial charge in [-0.3, -0.25) is 24.0 Å². The van der Waals surface area contributed by atoms with E-state index in [1.165, 1.54) is 14.1 Å². The van der Waals surface area contributed by atoms with E-state index >= 15 is 0 Å². The summed E-state index contributed by atoms with van der Waals surface area (Å²) in [5.74, 6) is -4.34. The summed E-state index contributed by atoms with van der Waals surface area (Å²) in [5.41, 5.74) is 0. The van der Waals surface area contributed by atoms with Crippen LogP contribution in [0, 0.1) is 5.92 Å². The Morgan fingerprint density at radius 2 is 1.64 bits per heavy atom. The average Bonchev–Trinajstić information content (AvgIpc) is 2.58. The highest BCUT2D eigenvalue weighted by Crippen LogP contribution is 1.99. The Balaban J connectivity index is 4.08. The van der Waals surface area contributed by atoms with Crippen molar-refractivity contribution in [3.8, 4) is 0 Å². The number of likely N-dealkylation sites (N-methyl/N-ethyl adjacent to an activating group) is 1. The number of Topliss-reactive ketones (excluding diaryl/α,β-unsaturated/α-hetero) is 1. The monoisotopic (exact) mass is 356 g/mol.